The topological polar surface area (TPSA) is 77.8 Å². The van der Waals surface area contributed by atoms with E-state index in [1.165, 1.54) is 5.56 Å². The molecule has 0 saturated heterocycles. The number of nitrogens with two attached hydrogens (primary N) is 2. The zero-order valence-electron chi connectivity index (χ0n) is 14.1. The molecule has 0 unspecified atom stereocenters. The Balaban J connectivity index is 1.75. The van der Waals surface area contributed by atoms with E-state index < -0.39 is 0 Å². The lowest BCUT2D eigenvalue weighted by Gasteiger charge is -2.09. The molecule has 25 heavy (non-hydrogen) atoms. The molecule has 4 heteroatoms. The van der Waals surface area contributed by atoms with E-state index in [1.807, 2.05) is 61.5 Å². The van der Waals surface area contributed by atoms with Crippen molar-refractivity contribution in [3.8, 4) is 11.1 Å². The fourth-order valence-electron chi connectivity index (χ4n) is 2.63. The summed E-state index contributed by atoms with van der Waals surface area (Å²) in [6, 6.07) is 18.3. The molecule has 0 atom stereocenters. The maximum Gasteiger partial charge on any atom is 0.222 e. The van der Waals surface area contributed by atoms with E-state index in [9.17, 15) is 0 Å². The quantitative estimate of drug-likeness (QED) is 0.698. The van der Waals surface area contributed by atoms with Crippen LogP contribution in [-0.2, 0) is 0 Å². The molecule has 0 aliphatic rings. The van der Waals surface area contributed by atoms with Crippen LogP contribution in [0.25, 0.3) is 23.3 Å². The molecule has 0 saturated carbocycles. The highest BCUT2D eigenvalue weighted by Gasteiger charge is 2.09. The second-order valence-corrected chi connectivity index (χ2v) is 5.68. The van der Waals surface area contributed by atoms with E-state index in [4.69, 9.17) is 11.5 Å². The molecule has 0 radical (unpaired) electrons. The van der Waals surface area contributed by atoms with Gasteiger partial charge in [0, 0.05) is 5.56 Å². The van der Waals surface area contributed by atoms with Crippen molar-refractivity contribution in [2.45, 2.75) is 6.92 Å². The van der Waals surface area contributed by atoms with Crippen LogP contribution in [0.15, 0.2) is 66.7 Å². The summed E-state index contributed by atoms with van der Waals surface area (Å²) in [6.45, 7) is 1.88. The van der Waals surface area contributed by atoms with Gasteiger partial charge in [0.25, 0.3) is 0 Å². The largest absolute Gasteiger partial charge is 0.383 e. The van der Waals surface area contributed by atoms with Gasteiger partial charge in [-0.15, -0.1) is 0 Å². The second-order valence-electron chi connectivity index (χ2n) is 5.68. The highest BCUT2D eigenvalue weighted by atomic mass is 15.0. The number of hydrogen-bond donors (Lipinski definition) is 2. The number of anilines is 2. The van der Waals surface area contributed by atoms with Gasteiger partial charge in [0.05, 0.1) is 5.69 Å². The number of aromatic nitrogens is 2. The van der Waals surface area contributed by atoms with Gasteiger partial charge >= 0.3 is 0 Å². The van der Waals surface area contributed by atoms with Crippen LogP contribution < -0.4 is 11.5 Å². The van der Waals surface area contributed by atoms with Crippen LogP contribution in [0.5, 0.6) is 0 Å². The van der Waals surface area contributed by atoms with Gasteiger partial charge in [-0.05, 0) is 23.6 Å². The molecule has 0 aliphatic heterocycles. The summed E-state index contributed by atoms with van der Waals surface area (Å²) in [5, 5.41) is 0. The predicted molar refractivity (Wildman–Crippen MR) is 106 cm³/mol. The van der Waals surface area contributed by atoms with Crippen LogP contribution in [0.2, 0.25) is 0 Å². The molecule has 124 valence electrons. The lowest BCUT2D eigenvalue weighted by Crippen LogP contribution is -2.04. The number of allylic oxidation sites excluding steroid dienone is 2. The maximum absolute atomic E-state index is 5.99. The average Bonchev–Trinajstić information content (AvgIpc) is 2.60. The third kappa shape index (κ3) is 4.12. The number of benzene rings is 2. The molecule has 2 aromatic carbocycles. The molecule has 3 rings (SSSR count). The Morgan fingerprint density at radius 1 is 0.760 bits per heavy atom. The van der Waals surface area contributed by atoms with Crippen LogP contribution >= 0.6 is 0 Å². The zero-order chi connectivity index (χ0) is 17.6. The maximum atomic E-state index is 5.99. The summed E-state index contributed by atoms with van der Waals surface area (Å²) >= 11 is 0. The van der Waals surface area contributed by atoms with Crippen molar-refractivity contribution in [1.29, 1.82) is 0 Å². The van der Waals surface area contributed by atoms with Crippen molar-refractivity contribution in [3.05, 3.63) is 83.6 Å². The van der Waals surface area contributed by atoms with Crippen LogP contribution in [0, 0.1) is 6.92 Å². The van der Waals surface area contributed by atoms with Crippen LogP contribution in [0.3, 0.4) is 0 Å². The lowest BCUT2D eigenvalue weighted by molar-refractivity contribution is 1.13. The SMILES string of the molecule is Cc1nc(N)nc(N)c1-c1ccc(/C=C/C=C/c2ccccc2)cc1. The summed E-state index contributed by atoms with van der Waals surface area (Å²) in [5.74, 6) is 0.600. The molecule has 4 N–H and O–H groups in total. The summed E-state index contributed by atoms with van der Waals surface area (Å²) in [7, 11) is 0. The van der Waals surface area contributed by atoms with Gasteiger partial charge in [-0.2, -0.15) is 4.98 Å². The molecule has 1 heterocycles. The molecule has 0 spiro atoms. The van der Waals surface area contributed by atoms with Crippen molar-refractivity contribution in [1.82, 2.24) is 9.97 Å². The highest BCUT2D eigenvalue weighted by Crippen LogP contribution is 2.28. The van der Waals surface area contributed by atoms with E-state index in [2.05, 4.69) is 34.3 Å². The first-order valence-electron chi connectivity index (χ1n) is 8.03. The smallest absolute Gasteiger partial charge is 0.222 e. The molecule has 1 aromatic heterocycles. The Kier molecular flexibility index (Phi) is 4.90. The second kappa shape index (κ2) is 7.45. The van der Waals surface area contributed by atoms with Crippen molar-refractivity contribution >= 4 is 23.9 Å². The molecule has 3 aromatic rings. The first-order chi connectivity index (χ1) is 12.1. The van der Waals surface area contributed by atoms with Crippen LogP contribution in [-0.4, -0.2) is 9.97 Å². The van der Waals surface area contributed by atoms with E-state index in [0.717, 1.165) is 22.4 Å². The van der Waals surface area contributed by atoms with E-state index in [1.54, 1.807) is 0 Å². The van der Waals surface area contributed by atoms with Crippen LogP contribution in [0.4, 0.5) is 11.8 Å². The number of rotatable bonds is 4. The van der Waals surface area contributed by atoms with Gasteiger partial charge in [0.1, 0.15) is 5.82 Å². The van der Waals surface area contributed by atoms with Crippen molar-refractivity contribution in [2.24, 2.45) is 0 Å². The number of hydrogen-bond acceptors (Lipinski definition) is 4. The minimum absolute atomic E-state index is 0.198. The Hall–Kier alpha value is -3.40. The average molecular weight is 328 g/mol. The fraction of sp³-hybridized carbons (Fsp3) is 0.0476. The minimum atomic E-state index is 0.198. The summed E-state index contributed by atoms with van der Waals surface area (Å²) < 4.78 is 0. The van der Waals surface area contributed by atoms with E-state index in [-0.39, 0.29) is 5.95 Å². The van der Waals surface area contributed by atoms with Gasteiger partial charge in [0.2, 0.25) is 5.95 Å². The third-order valence-corrected chi connectivity index (χ3v) is 3.82. The standard InChI is InChI=1S/C21H20N4/c1-15-19(20(22)25-21(23)24-15)18-13-11-17(12-14-18)10-6-5-9-16-7-3-2-4-8-16/h2-14H,1H3,(H4,22,23,24,25)/b9-5+,10-6+. The number of nitrogen functional groups attached to an aromatic ring is 2. The predicted octanol–water partition coefficient (Wildman–Crippen LogP) is 4.34. The highest BCUT2D eigenvalue weighted by molar-refractivity contribution is 5.77. The molecule has 0 bridgehead atoms. The van der Waals surface area contributed by atoms with Crippen molar-refractivity contribution in [2.75, 3.05) is 11.5 Å². The van der Waals surface area contributed by atoms with Crippen molar-refractivity contribution < 1.29 is 0 Å². The van der Waals surface area contributed by atoms with E-state index in [0.29, 0.717) is 5.82 Å². The fourth-order valence-corrected chi connectivity index (χ4v) is 2.63. The number of nitrogens with zero attached hydrogens (tertiary/aromatic N) is 2. The molecule has 0 fully saturated rings. The third-order valence-electron chi connectivity index (χ3n) is 3.82. The van der Waals surface area contributed by atoms with E-state index >= 15 is 0 Å². The zero-order valence-corrected chi connectivity index (χ0v) is 14.1. The monoisotopic (exact) mass is 328 g/mol. The Labute approximate surface area is 147 Å². The minimum Gasteiger partial charge on any atom is -0.383 e. The molecule has 0 aliphatic carbocycles. The number of aryl methyl sites for hydroxylation is 1. The molecular formula is C21H20N4. The Morgan fingerprint density at radius 2 is 1.36 bits per heavy atom. The van der Waals surface area contributed by atoms with Gasteiger partial charge in [-0.1, -0.05) is 78.9 Å². The summed E-state index contributed by atoms with van der Waals surface area (Å²) in [4.78, 5) is 8.23. The molecular weight excluding hydrogens is 308 g/mol. The first kappa shape index (κ1) is 16.5. The lowest BCUT2D eigenvalue weighted by atomic mass is 10.0. The first-order valence-corrected chi connectivity index (χ1v) is 8.03. The van der Waals surface area contributed by atoms with Crippen molar-refractivity contribution in [3.63, 3.8) is 0 Å². The normalized spacial score (nSPS) is 11.4. The van der Waals surface area contributed by atoms with Gasteiger partial charge in [0.15, 0.2) is 0 Å². The molecule has 4 nitrogen and oxygen atoms in total. The Bertz CT molecular complexity index is 887. The summed E-state index contributed by atoms with van der Waals surface area (Å²) in [5.41, 5.74) is 16.5. The van der Waals surface area contributed by atoms with Gasteiger partial charge < -0.3 is 11.5 Å². The van der Waals surface area contributed by atoms with Crippen LogP contribution in [0.1, 0.15) is 16.8 Å². The van der Waals surface area contributed by atoms with Gasteiger partial charge in [-0.3, -0.25) is 0 Å². The van der Waals surface area contributed by atoms with Gasteiger partial charge in [-0.25, -0.2) is 4.98 Å². The molecule has 0 amide bonds. The summed E-state index contributed by atoms with van der Waals surface area (Å²) in [6.07, 6.45) is 8.17. The Morgan fingerprint density at radius 3 is 1.96 bits per heavy atom.